The van der Waals surface area contributed by atoms with Crippen LogP contribution >= 0.6 is 0 Å². The molecule has 4 N–H and O–H groups in total. The van der Waals surface area contributed by atoms with E-state index in [1.165, 1.54) is 0 Å². The summed E-state index contributed by atoms with van der Waals surface area (Å²) < 4.78 is 0. The number of para-hydroxylation sites is 1. The van der Waals surface area contributed by atoms with Crippen molar-refractivity contribution in [3.05, 3.63) is 36.0 Å². The van der Waals surface area contributed by atoms with Crippen LogP contribution in [0.3, 0.4) is 0 Å². The van der Waals surface area contributed by atoms with Crippen LogP contribution in [0.4, 0.5) is 0 Å². The molecule has 0 aliphatic rings. The minimum Gasteiger partial charge on any atom is -0.370 e. The van der Waals surface area contributed by atoms with Crippen LogP contribution in [-0.4, -0.2) is 22.8 Å². The number of hydrogen-bond acceptors (Lipinski definition) is 2. The number of nitrogens with two attached hydrogens (primary N) is 1. The molecule has 2 aromatic rings. The third kappa shape index (κ3) is 2.51. The molecule has 94 valence electrons. The summed E-state index contributed by atoms with van der Waals surface area (Å²) in [7, 11) is 0. The number of aromatic amines is 1. The second-order valence-corrected chi connectivity index (χ2v) is 4.29. The van der Waals surface area contributed by atoms with E-state index < -0.39 is 5.91 Å². The van der Waals surface area contributed by atoms with Crippen molar-refractivity contribution in [2.75, 3.05) is 0 Å². The van der Waals surface area contributed by atoms with Crippen LogP contribution in [0.15, 0.2) is 30.5 Å². The molecule has 1 heterocycles. The van der Waals surface area contributed by atoms with Gasteiger partial charge in [0.05, 0.1) is 5.56 Å². The summed E-state index contributed by atoms with van der Waals surface area (Å²) in [6, 6.07) is 7.28. The van der Waals surface area contributed by atoms with Gasteiger partial charge in [0.2, 0.25) is 5.91 Å². The summed E-state index contributed by atoms with van der Waals surface area (Å²) >= 11 is 0. The molecule has 0 bridgehead atoms. The molecule has 2 rings (SSSR count). The highest BCUT2D eigenvalue weighted by atomic mass is 16.2. The van der Waals surface area contributed by atoms with Crippen molar-refractivity contribution in [2.24, 2.45) is 5.73 Å². The molecule has 1 atom stereocenters. The number of H-pyrrole nitrogens is 1. The zero-order valence-electron chi connectivity index (χ0n) is 10.1. The Morgan fingerprint density at radius 1 is 1.39 bits per heavy atom. The fourth-order valence-corrected chi connectivity index (χ4v) is 1.91. The Balaban J connectivity index is 2.16. The van der Waals surface area contributed by atoms with Crippen LogP contribution in [0, 0.1) is 0 Å². The molecule has 2 amide bonds. The van der Waals surface area contributed by atoms with Gasteiger partial charge in [-0.3, -0.25) is 9.59 Å². The quantitative estimate of drug-likeness (QED) is 0.754. The van der Waals surface area contributed by atoms with E-state index in [1.807, 2.05) is 24.3 Å². The van der Waals surface area contributed by atoms with E-state index in [9.17, 15) is 9.59 Å². The first-order valence-electron chi connectivity index (χ1n) is 5.73. The van der Waals surface area contributed by atoms with Crippen LogP contribution in [0.1, 0.15) is 23.7 Å². The van der Waals surface area contributed by atoms with Crippen LogP contribution in [0.5, 0.6) is 0 Å². The summed E-state index contributed by atoms with van der Waals surface area (Å²) in [4.78, 5) is 25.8. The van der Waals surface area contributed by atoms with Crippen molar-refractivity contribution in [1.29, 1.82) is 0 Å². The zero-order valence-corrected chi connectivity index (χ0v) is 10.1. The second-order valence-electron chi connectivity index (χ2n) is 4.29. The SMILES string of the molecule is CC(CC(N)=O)NC(=O)c1c[nH]c2ccccc12. The van der Waals surface area contributed by atoms with Crippen molar-refractivity contribution in [2.45, 2.75) is 19.4 Å². The average Bonchev–Trinajstić information content (AvgIpc) is 2.71. The van der Waals surface area contributed by atoms with Crippen molar-refractivity contribution >= 4 is 22.7 Å². The number of hydrogen-bond donors (Lipinski definition) is 3. The Kier molecular flexibility index (Phi) is 3.32. The number of carbonyl (C=O) groups is 2. The molecule has 1 unspecified atom stereocenters. The van der Waals surface area contributed by atoms with Gasteiger partial charge in [-0.1, -0.05) is 18.2 Å². The third-order valence-corrected chi connectivity index (χ3v) is 2.72. The molecule has 0 aliphatic heterocycles. The van der Waals surface area contributed by atoms with Crippen molar-refractivity contribution < 1.29 is 9.59 Å². The second kappa shape index (κ2) is 4.91. The number of primary amides is 1. The molecule has 0 spiro atoms. The standard InChI is InChI=1S/C13H15N3O2/c1-8(6-12(14)17)16-13(18)10-7-15-11-5-3-2-4-9(10)11/h2-5,7-8,15H,6H2,1H3,(H2,14,17)(H,16,18). The van der Waals surface area contributed by atoms with E-state index in [0.717, 1.165) is 10.9 Å². The van der Waals surface area contributed by atoms with E-state index in [2.05, 4.69) is 10.3 Å². The van der Waals surface area contributed by atoms with Gasteiger partial charge in [-0.25, -0.2) is 0 Å². The highest BCUT2D eigenvalue weighted by Crippen LogP contribution is 2.17. The fraction of sp³-hybridized carbons (Fsp3) is 0.231. The van der Waals surface area contributed by atoms with Gasteiger partial charge < -0.3 is 16.0 Å². The van der Waals surface area contributed by atoms with Crippen molar-refractivity contribution in [3.63, 3.8) is 0 Å². The minimum atomic E-state index is -0.429. The molecule has 0 saturated heterocycles. The van der Waals surface area contributed by atoms with Crippen LogP contribution in [0.25, 0.3) is 10.9 Å². The number of fused-ring (bicyclic) bond motifs is 1. The molecule has 0 saturated carbocycles. The van der Waals surface area contributed by atoms with Crippen molar-refractivity contribution in [3.8, 4) is 0 Å². The molecule has 18 heavy (non-hydrogen) atoms. The lowest BCUT2D eigenvalue weighted by Gasteiger charge is -2.11. The first-order valence-corrected chi connectivity index (χ1v) is 5.73. The normalized spacial score (nSPS) is 12.3. The van der Waals surface area contributed by atoms with Gasteiger partial charge in [0.15, 0.2) is 0 Å². The highest BCUT2D eigenvalue weighted by Gasteiger charge is 2.14. The summed E-state index contributed by atoms with van der Waals surface area (Å²) in [5, 5.41) is 3.61. The van der Waals surface area contributed by atoms with Crippen LogP contribution in [0.2, 0.25) is 0 Å². The minimum absolute atomic E-state index is 0.133. The Morgan fingerprint density at radius 3 is 2.83 bits per heavy atom. The monoisotopic (exact) mass is 245 g/mol. The number of carbonyl (C=O) groups excluding carboxylic acids is 2. The van der Waals surface area contributed by atoms with E-state index in [1.54, 1.807) is 13.1 Å². The van der Waals surface area contributed by atoms with Crippen LogP contribution in [-0.2, 0) is 4.79 Å². The lowest BCUT2D eigenvalue weighted by Crippen LogP contribution is -2.35. The Morgan fingerprint density at radius 2 is 2.11 bits per heavy atom. The lowest BCUT2D eigenvalue weighted by atomic mass is 10.1. The first kappa shape index (κ1) is 12.2. The van der Waals surface area contributed by atoms with Gasteiger partial charge >= 0.3 is 0 Å². The number of aromatic nitrogens is 1. The first-order chi connectivity index (χ1) is 8.58. The molecule has 5 nitrogen and oxygen atoms in total. The molecule has 1 aromatic carbocycles. The molecular weight excluding hydrogens is 230 g/mol. The molecule has 0 fully saturated rings. The van der Waals surface area contributed by atoms with Crippen molar-refractivity contribution in [1.82, 2.24) is 10.3 Å². The highest BCUT2D eigenvalue weighted by molar-refractivity contribution is 6.06. The maximum absolute atomic E-state index is 12.0. The smallest absolute Gasteiger partial charge is 0.253 e. The van der Waals surface area contributed by atoms with Gasteiger partial charge in [0, 0.05) is 29.6 Å². The number of nitrogens with one attached hydrogen (secondary N) is 2. The summed E-state index contributed by atoms with van der Waals surface area (Å²) in [6.45, 7) is 1.75. The van der Waals surface area contributed by atoms with E-state index >= 15 is 0 Å². The largest absolute Gasteiger partial charge is 0.370 e. The Bertz CT molecular complexity index is 589. The lowest BCUT2D eigenvalue weighted by molar-refractivity contribution is -0.118. The van der Waals surface area contributed by atoms with Gasteiger partial charge in [-0.05, 0) is 13.0 Å². The topological polar surface area (TPSA) is 88.0 Å². The zero-order chi connectivity index (χ0) is 13.1. The summed E-state index contributed by atoms with van der Waals surface area (Å²) in [6.07, 6.45) is 1.80. The Hall–Kier alpha value is -2.30. The summed E-state index contributed by atoms with van der Waals surface area (Å²) in [5.41, 5.74) is 6.56. The van der Waals surface area contributed by atoms with Gasteiger partial charge in [-0.15, -0.1) is 0 Å². The average molecular weight is 245 g/mol. The van der Waals surface area contributed by atoms with Gasteiger partial charge in [-0.2, -0.15) is 0 Å². The molecule has 5 heteroatoms. The van der Waals surface area contributed by atoms with E-state index in [0.29, 0.717) is 5.56 Å². The molecule has 0 radical (unpaired) electrons. The molecule has 1 aromatic heterocycles. The maximum atomic E-state index is 12.0. The third-order valence-electron chi connectivity index (χ3n) is 2.72. The number of amides is 2. The molecular formula is C13H15N3O2. The Labute approximate surface area is 104 Å². The number of rotatable bonds is 4. The van der Waals surface area contributed by atoms with Gasteiger partial charge in [0.25, 0.3) is 5.91 Å². The predicted octanol–water partition coefficient (Wildman–Crippen LogP) is 1.16. The molecule has 0 aliphatic carbocycles. The predicted molar refractivity (Wildman–Crippen MR) is 69.0 cm³/mol. The summed E-state index contributed by atoms with van der Waals surface area (Å²) in [5.74, 6) is -0.636. The fourth-order valence-electron chi connectivity index (χ4n) is 1.91. The van der Waals surface area contributed by atoms with Gasteiger partial charge in [0.1, 0.15) is 0 Å². The van der Waals surface area contributed by atoms with Crippen LogP contribution < -0.4 is 11.1 Å². The number of benzene rings is 1. The van der Waals surface area contributed by atoms with E-state index in [-0.39, 0.29) is 18.4 Å². The van der Waals surface area contributed by atoms with E-state index in [4.69, 9.17) is 5.73 Å². The maximum Gasteiger partial charge on any atom is 0.253 e.